The summed E-state index contributed by atoms with van der Waals surface area (Å²) in [6.07, 6.45) is 5.72. The van der Waals surface area contributed by atoms with Crippen molar-refractivity contribution in [2.24, 2.45) is 0 Å². The molecule has 34 heavy (non-hydrogen) atoms. The minimum absolute atomic E-state index is 0.190. The Kier molecular flexibility index (Phi) is 9.12. The highest BCUT2D eigenvalue weighted by atomic mass is 16.4. The summed E-state index contributed by atoms with van der Waals surface area (Å²) in [5, 5.41) is 23.1. The molecule has 3 rings (SSSR count). The zero-order valence-electron chi connectivity index (χ0n) is 19.4. The fourth-order valence-electron chi connectivity index (χ4n) is 4.58. The average Bonchev–Trinajstić information content (AvgIpc) is 2.83. The topological polar surface area (TPSA) is 127 Å². The first-order chi connectivity index (χ1) is 16.3. The minimum Gasteiger partial charge on any atom is -0.548 e. The number of rotatable bonds is 10. The van der Waals surface area contributed by atoms with Crippen LogP contribution in [0.3, 0.4) is 0 Å². The second kappa shape index (κ2) is 12.2. The SMILES string of the molecule is O=C([O-])CN(CC(=O)N1CCCCC1)c1ccccc1N(CC(=O)[O-])CC(=O)N1CCCCC1. The van der Waals surface area contributed by atoms with Crippen molar-refractivity contribution >= 4 is 35.1 Å². The summed E-state index contributed by atoms with van der Waals surface area (Å²) in [6, 6.07) is 6.59. The number of benzene rings is 1. The summed E-state index contributed by atoms with van der Waals surface area (Å²) in [7, 11) is 0. The monoisotopic (exact) mass is 472 g/mol. The van der Waals surface area contributed by atoms with Crippen LogP contribution >= 0.6 is 0 Å². The van der Waals surface area contributed by atoms with Gasteiger partial charge in [-0.2, -0.15) is 0 Å². The molecule has 0 unspecified atom stereocenters. The molecule has 10 nitrogen and oxygen atoms in total. The molecule has 2 aliphatic heterocycles. The number of hydrogen-bond acceptors (Lipinski definition) is 8. The lowest BCUT2D eigenvalue weighted by atomic mass is 10.1. The van der Waals surface area contributed by atoms with E-state index < -0.39 is 25.0 Å². The first kappa shape index (κ1) is 25.3. The van der Waals surface area contributed by atoms with Gasteiger partial charge >= 0.3 is 0 Å². The van der Waals surface area contributed by atoms with Gasteiger partial charge in [0.15, 0.2) is 0 Å². The van der Waals surface area contributed by atoms with Crippen molar-refractivity contribution in [2.45, 2.75) is 38.5 Å². The van der Waals surface area contributed by atoms with Gasteiger partial charge in [0.1, 0.15) is 0 Å². The third-order valence-electron chi connectivity index (χ3n) is 6.27. The Morgan fingerprint density at radius 3 is 1.29 bits per heavy atom. The summed E-state index contributed by atoms with van der Waals surface area (Å²) in [4.78, 5) is 55.0. The van der Waals surface area contributed by atoms with Gasteiger partial charge < -0.3 is 39.4 Å². The van der Waals surface area contributed by atoms with Crippen molar-refractivity contribution in [1.82, 2.24) is 9.80 Å². The van der Waals surface area contributed by atoms with Gasteiger partial charge in [-0.15, -0.1) is 0 Å². The standard InChI is InChI=1S/C24H34N4O6/c29-21(25-11-5-1-6-12-25)15-27(17-23(31)32)19-9-3-4-10-20(19)28(18-24(33)34)16-22(30)26-13-7-2-8-14-26/h3-4,9-10H,1-2,5-8,11-18H2,(H,31,32)(H,33,34)/p-2. The Balaban J connectivity index is 1.86. The quantitative estimate of drug-likeness (QED) is 0.417. The summed E-state index contributed by atoms with van der Waals surface area (Å²) in [5.74, 6) is -3.13. The molecule has 0 aromatic heterocycles. The molecule has 2 amide bonds. The first-order valence-electron chi connectivity index (χ1n) is 11.9. The maximum Gasteiger partial charge on any atom is 0.242 e. The molecule has 1 aromatic carbocycles. The number of para-hydroxylation sites is 2. The van der Waals surface area contributed by atoms with Gasteiger partial charge in [-0.25, -0.2) is 0 Å². The number of carboxylic acid groups (broad SMARTS) is 2. The molecular formula is C24H32N4O6-2. The lowest BCUT2D eigenvalue weighted by molar-refractivity contribution is -0.304. The van der Waals surface area contributed by atoms with Crippen LogP contribution in [0.25, 0.3) is 0 Å². The zero-order valence-corrected chi connectivity index (χ0v) is 19.4. The predicted molar refractivity (Wildman–Crippen MR) is 122 cm³/mol. The molecule has 0 radical (unpaired) electrons. The summed E-state index contributed by atoms with van der Waals surface area (Å²) < 4.78 is 0. The average molecular weight is 473 g/mol. The highest BCUT2D eigenvalue weighted by Gasteiger charge is 2.25. The van der Waals surface area contributed by atoms with Gasteiger partial charge in [-0.1, -0.05) is 12.1 Å². The van der Waals surface area contributed by atoms with E-state index >= 15 is 0 Å². The fraction of sp³-hybridized carbons (Fsp3) is 0.583. The molecule has 10 heteroatoms. The number of amides is 2. The van der Waals surface area contributed by atoms with E-state index in [9.17, 15) is 29.4 Å². The fourth-order valence-corrected chi connectivity index (χ4v) is 4.58. The van der Waals surface area contributed by atoms with Gasteiger partial charge in [-0.05, 0) is 50.7 Å². The first-order valence-corrected chi connectivity index (χ1v) is 11.9. The van der Waals surface area contributed by atoms with Crippen LogP contribution in [0, 0.1) is 0 Å². The third kappa shape index (κ3) is 7.10. The minimum atomic E-state index is -1.36. The Morgan fingerprint density at radius 2 is 0.971 bits per heavy atom. The maximum absolute atomic E-state index is 12.9. The molecule has 2 heterocycles. The van der Waals surface area contributed by atoms with Crippen LogP contribution in [-0.4, -0.2) is 85.9 Å². The number of carboxylic acids is 2. The van der Waals surface area contributed by atoms with Crippen molar-refractivity contribution in [1.29, 1.82) is 0 Å². The zero-order chi connectivity index (χ0) is 24.5. The number of nitrogens with zero attached hydrogens (tertiary/aromatic N) is 4. The molecule has 0 N–H and O–H groups in total. The molecule has 2 aliphatic rings. The lowest BCUT2D eigenvalue weighted by Crippen LogP contribution is -2.48. The van der Waals surface area contributed by atoms with Crippen molar-refractivity contribution < 1.29 is 29.4 Å². The third-order valence-corrected chi connectivity index (χ3v) is 6.27. The van der Waals surface area contributed by atoms with Crippen molar-refractivity contribution in [3.63, 3.8) is 0 Å². The van der Waals surface area contributed by atoms with Crippen LogP contribution in [0.4, 0.5) is 11.4 Å². The van der Waals surface area contributed by atoms with Crippen LogP contribution < -0.4 is 20.0 Å². The van der Waals surface area contributed by atoms with Crippen LogP contribution in [0.1, 0.15) is 38.5 Å². The number of likely N-dealkylation sites (tertiary alicyclic amines) is 2. The van der Waals surface area contributed by atoms with E-state index in [0.29, 0.717) is 37.6 Å². The number of anilines is 2. The van der Waals surface area contributed by atoms with E-state index in [2.05, 4.69) is 0 Å². The van der Waals surface area contributed by atoms with Gasteiger partial charge in [-0.3, -0.25) is 9.59 Å². The van der Waals surface area contributed by atoms with E-state index in [1.54, 1.807) is 34.1 Å². The lowest BCUT2D eigenvalue weighted by Gasteiger charge is -2.35. The highest BCUT2D eigenvalue weighted by Crippen LogP contribution is 2.30. The predicted octanol–water partition coefficient (Wildman–Crippen LogP) is -1.18. The van der Waals surface area contributed by atoms with Crippen molar-refractivity contribution in [2.75, 3.05) is 62.2 Å². The normalized spacial score (nSPS) is 16.1. The summed E-state index contributed by atoms with van der Waals surface area (Å²) in [6.45, 7) is 1.03. The maximum atomic E-state index is 12.9. The van der Waals surface area contributed by atoms with Crippen LogP contribution in [-0.2, 0) is 19.2 Å². The van der Waals surface area contributed by atoms with Crippen LogP contribution in [0.2, 0.25) is 0 Å². The molecule has 186 valence electrons. The molecule has 0 aliphatic carbocycles. The second-order valence-corrected chi connectivity index (χ2v) is 8.83. The highest BCUT2D eigenvalue weighted by molar-refractivity contribution is 5.89. The van der Waals surface area contributed by atoms with Gasteiger partial charge in [0.05, 0.1) is 49.5 Å². The van der Waals surface area contributed by atoms with E-state index in [-0.39, 0.29) is 24.9 Å². The Hall–Kier alpha value is -3.30. The number of aliphatic carboxylic acids is 2. The Bertz CT molecular complexity index is 809. The van der Waals surface area contributed by atoms with Gasteiger partial charge in [0.25, 0.3) is 0 Å². The number of piperidine rings is 2. The van der Waals surface area contributed by atoms with Gasteiger partial charge in [0, 0.05) is 26.2 Å². The van der Waals surface area contributed by atoms with Crippen LogP contribution in [0.5, 0.6) is 0 Å². The van der Waals surface area contributed by atoms with E-state index in [1.165, 1.54) is 9.80 Å². The molecule has 0 saturated carbocycles. The van der Waals surface area contributed by atoms with Crippen molar-refractivity contribution in [3.8, 4) is 0 Å². The molecule has 0 spiro atoms. The summed E-state index contributed by atoms with van der Waals surface area (Å²) >= 11 is 0. The van der Waals surface area contributed by atoms with Gasteiger partial charge in [0.2, 0.25) is 11.8 Å². The molecular weight excluding hydrogens is 440 g/mol. The number of carbonyl (C=O) groups excluding carboxylic acids is 4. The second-order valence-electron chi connectivity index (χ2n) is 8.83. The summed E-state index contributed by atoms with van der Waals surface area (Å²) in [5.41, 5.74) is 0.703. The Morgan fingerprint density at radius 1 is 0.618 bits per heavy atom. The Labute approximate surface area is 199 Å². The molecule has 2 saturated heterocycles. The molecule has 0 bridgehead atoms. The largest absolute Gasteiger partial charge is 0.548 e. The van der Waals surface area contributed by atoms with Crippen LogP contribution in [0.15, 0.2) is 24.3 Å². The van der Waals surface area contributed by atoms with E-state index in [1.807, 2.05) is 0 Å². The number of carbonyl (C=O) groups is 4. The molecule has 2 fully saturated rings. The molecule has 1 aromatic rings. The smallest absolute Gasteiger partial charge is 0.242 e. The molecule has 0 atom stereocenters. The van der Waals surface area contributed by atoms with E-state index in [0.717, 1.165) is 38.5 Å². The van der Waals surface area contributed by atoms with Crippen molar-refractivity contribution in [3.05, 3.63) is 24.3 Å². The number of hydrogen-bond donors (Lipinski definition) is 0. The van der Waals surface area contributed by atoms with E-state index in [4.69, 9.17) is 0 Å².